The lowest BCUT2D eigenvalue weighted by molar-refractivity contribution is 0.773. The van der Waals surface area contributed by atoms with Crippen LogP contribution in [0.15, 0.2) is 53.6 Å². The van der Waals surface area contributed by atoms with E-state index < -0.39 is 0 Å². The molecule has 0 fully saturated rings. The lowest BCUT2D eigenvalue weighted by atomic mass is 9.95. The summed E-state index contributed by atoms with van der Waals surface area (Å²) >= 11 is 0. The molecule has 0 aliphatic heterocycles. The van der Waals surface area contributed by atoms with E-state index in [9.17, 15) is 0 Å². The van der Waals surface area contributed by atoms with Gasteiger partial charge in [0.15, 0.2) is 0 Å². The third-order valence-electron chi connectivity index (χ3n) is 2.97. The van der Waals surface area contributed by atoms with Gasteiger partial charge in [0.05, 0.1) is 6.04 Å². The zero-order chi connectivity index (χ0) is 12.1. The maximum atomic E-state index is 4.12. The molecule has 2 unspecified atom stereocenters. The Morgan fingerprint density at radius 3 is 2.71 bits per heavy atom. The minimum atomic E-state index is 0.282. The summed E-state index contributed by atoms with van der Waals surface area (Å²) in [6.07, 6.45) is 10.5. The second kappa shape index (κ2) is 5.48. The van der Waals surface area contributed by atoms with Crippen molar-refractivity contribution >= 4 is 11.9 Å². The average molecular weight is 226 g/mol. The summed E-state index contributed by atoms with van der Waals surface area (Å²) in [5, 5.41) is 3.55. The predicted octanol–water partition coefficient (Wildman–Crippen LogP) is 3.22. The molecule has 88 valence electrons. The first-order chi connectivity index (χ1) is 8.31. The first kappa shape index (κ1) is 11.6. The molecule has 1 N–H and O–H groups in total. The first-order valence-electron chi connectivity index (χ1n) is 5.90. The maximum Gasteiger partial charge on any atom is 0.0560 e. The standard InChI is InChI=1S/C15H18N2/c1-12-7-3-5-9-14(12)17-15-10-6-4-8-13(15)11-16-2/h3-11,13,15,17H,1-2H3/b16-11+. The Morgan fingerprint density at radius 2 is 1.94 bits per heavy atom. The van der Waals surface area contributed by atoms with Gasteiger partial charge in [-0.25, -0.2) is 0 Å². The molecule has 0 radical (unpaired) electrons. The van der Waals surface area contributed by atoms with Crippen LogP contribution in [0.2, 0.25) is 0 Å². The molecule has 0 spiro atoms. The fraction of sp³-hybridized carbons (Fsp3) is 0.267. The lowest BCUT2D eigenvalue weighted by Gasteiger charge is -2.24. The zero-order valence-corrected chi connectivity index (χ0v) is 10.3. The second-order valence-electron chi connectivity index (χ2n) is 4.24. The number of rotatable bonds is 3. The Kier molecular flexibility index (Phi) is 3.76. The number of aliphatic imine (C=N–C) groups is 1. The summed E-state index contributed by atoms with van der Waals surface area (Å²) in [5.41, 5.74) is 2.45. The van der Waals surface area contributed by atoms with Crippen LogP contribution < -0.4 is 5.32 Å². The maximum absolute atomic E-state index is 4.12. The number of hydrogen-bond donors (Lipinski definition) is 1. The fourth-order valence-corrected chi connectivity index (χ4v) is 2.00. The smallest absolute Gasteiger partial charge is 0.0560 e. The van der Waals surface area contributed by atoms with Gasteiger partial charge in [-0.05, 0) is 18.6 Å². The first-order valence-corrected chi connectivity index (χ1v) is 5.90. The number of aryl methyl sites for hydroxylation is 1. The van der Waals surface area contributed by atoms with Crippen LogP contribution in [0.5, 0.6) is 0 Å². The SMILES string of the molecule is C/N=C/C1C=CC=CC1Nc1ccccc1C. The van der Waals surface area contributed by atoms with Crippen molar-refractivity contribution in [1.29, 1.82) is 0 Å². The molecule has 2 atom stereocenters. The van der Waals surface area contributed by atoms with E-state index in [1.807, 2.05) is 13.3 Å². The largest absolute Gasteiger partial charge is 0.378 e. The number of nitrogens with one attached hydrogen (secondary N) is 1. The third kappa shape index (κ3) is 2.84. The summed E-state index contributed by atoms with van der Waals surface area (Å²) in [6.45, 7) is 2.12. The van der Waals surface area contributed by atoms with Crippen molar-refractivity contribution in [2.24, 2.45) is 10.9 Å². The van der Waals surface area contributed by atoms with Crippen molar-refractivity contribution in [2.75, 3.05) is 12.4 Å². The van der Waals surface area contributed by atoms with E-state index in [-0.39, 0.29) is 6.04 Å². The van der Waals surface area contributed by atoms with Crippen LogP contribution in [0.1, 0.15) is 5.56 Å². The van der Waals surface area contributed by atoms with Crippen molar-refractivity contribution in [3.8, 4) is 0 Å². The van der Waals surface area contributed by atoms with E-state index >= 15 is 0 Å². The van der Waals surface area contributed by atoms with Gasteiger partial charge < -0.3 is 10.3 Å². The number of nitrogens with zero attached hydrogens (tertiary/aromatic N) is 1. The molecule has 0 amide bonds. The Hall–Kier alpha value is -1.83. The zero-order valence-electron chi connectivity index (χ0n) is 10.3. The second-order valence-corrected chi connectivity index (χ2v) is 4.24. The highest BCUT2D eigenvalue weighted by atomic mass is 14.9. The van der Waals surface area contributed by atoms with E-state index in [0.717, 1.165) is 0 Å². The van der Waals surface area contributed by atoms with Crippen LogP contribution >= 0.6 is 0 Å². The van der Waals surface area contributed by atoms with Crippen molar-refractivity contribution in [1.82, 2.24) is 0 Å². The van der Waals surface area contributed by atoms with E-state index in [1.54, 1.807) is 0 Å². The Balaban J connectivity index is 2.15. The molecular formula is C15H18N2. The minimum Gasteiger partial charge on any atom is -0.378 e. The van der Waals surface area contributed by atoms with Crippen molar-refractivity contribution in [3.63, 3.8) is 0 Å². The fourth-order valence-electron chi connectivity index (χ4n) is 2.00. The van der Waals surface area contributed by atoms with E-state index in [2.05, 4.69) is 65.8 Å². The lowest BCUT2D eigenvalue weighted by Crippen LogP contribution is -2.28. The summed E-state index contributed by atoms with van der Waals surface area (Å²) in [7, 11) is 1.82. The normalized spacial score (nSPS) is 23.2. The molecular weight excluding hydrogens is 208 g/mol. The highest BCUT2D eigenvalue weighted by Gasteiger charge is 2.16. The van der Waals surface area contributed by atoms with Gasteiger partial charge in [0, 0.05) is 24.9 Å². The monoisotopic (exact) mass is 226 g/mol. The van der Waals surface area contributed by atoms with Crippen LogP contribution in [-0.4, -0.2) is 19.3 Å². The third-order valence-corrected chi connectivity index (χ3v) is 2.97. The van der Waals surface area contributed by atoms with Crippen LogP contribution in [-0.2, 0) is 0 Å². The Labute approximate surface area is 103 Å². The van der Waals surface area contributed by atoms with E-state index in [1.165, 1.54) is 11.3 Å². The number of hydrogen-bond acceptors (Lipinski definition) is 2. The summed E-state index contributed by atoms with van der Waals surface area (Å²) < 4.78 is 0. The van der Waals surface area contributed by atoms with Gasteiger partial charge in [0.25, 0.3) is 0 Å². The van der Waals surface area contributed by atoms with Gasteiger partial charge in [0.2, 0.25) is 0 Å². The van der Waals surface area contributed by atoms with Crippen LogP contribution in [0.3, 0.4) is 0 Å². The topological polar surface area (TPSA) is 24.4 Å². The molecule has 0 heterocycles. The molecule has 0 saturated carbocycles. The Morgan fingerprint density at radius 1 is 1.18 bits per heavy atom. The summed E-state index contributed by atoms with van der Waals surface area (Å²) in [5.74, 6) is 0.324. The van der Waals surface area contributed by atoms with E-state index in [0.29, 0.717) is 5.92 Å². The molecule has 17 heavy (non-hydrogen) atoms. The number of allylic oxidation sites excluding steroid dienone is 2. The van der Waals surface area contributed by atoms with Gasteiger partial charge in [-0.2, -0.15) is 0 Å². The van der Waals surface area contributed by atoms with Gasteiger partial charge in [0.1, 0.15) is 0 Å². The Bertz CT molecular complexity index is 458. The molecule has 1 aromatic rings. The van der Waals surface area contributed by atoms with Crippen molar-refractivity contribution in [3.05, 3.63) is 54.1 Å². The quantitative estimate of drug-likeness (QED) is 0.786. The van der Waals surface area contributed by atoms with Gasteiger partial charge >= 0.3 is 0 Å². The van der Waals surface area contributed by atoms with Crippen LogP contribution in [0.4, 0.5) is 5.69 Å². The van der Waals surface area contributed by atoms with Crippen molar-refractivity contribution in [2.45, 2.75) is 13.0 Å². The molecule has 0 saturated heterocycles. The highest BCUT2D eigenvalue weighted by molar-refractivity contribution is 5.67. The minimum absolute atomic E-state index is 0.282. The molecule has 0 aromatic heterocycles. The summed E-state index contributed by atoms with van der Waals surface area (Å²) in [6, 6.07) is 8.63. The van der Waals surface area contributed by atoms with Gasteiger partial charge in [-0.15, -0.1) is 0 Å². The predicted molar refractivity (Wildman–Crippen MR) is 74.8 cm³/mol. The van der Waals surface area contributed by atoms with Crippen molar-refractivity contribution < 1.29 is 0 Å². The number of anilines is 1. The average Bonchev–Trinajstić information content (AvgIpc) is 2.35. The number of benzene rings is 1. The molecule has 1 aliphatic rings. The van der Waals surface area contributed by atoms with E-state index in [4.69, 9.17) is 0 Å². The van der Waals surface area contributed by atoms with Gasteiger partial charge in [-0.3, -0.25) is 0 Å². The molecule has 1 aromatic carbocycles. The molecule has 2 rings (SSSR count). The van der Waals surface area contributed by atoms with Crippen LogP contribution in [0.25, 0.3) is 0 Å². The van der Waals surface area contributed by atoms with Crippen LogP contribution in [0, 0.1) is 12.8 Å². The molecule has 2 nitrogen and oxygen atoms in total. The van der Waals surface area contributed by atoms with Gasteiger partial charge in [-0.1, -0.05) is 42.5 Å². The number of para-hydroxylation sites is 1. The molecule has 0 bridgehead atoms. The summed E-state index contributed by atoms with van der Waals surface area (Å²) in [4.78, 5) is 4.12. The molecule has 2 heteroatoms. The molecule has 1 aliphatic carbocycles. The highest BCUT2D eigenvalue weighted by Crippen LogP contribution is 2.20.